The molecule has 0 atom stereocenters. The van der Waals surface area contributed by atoms with E-state index in [-0.39, 0.29) is 5.82 Å². The van der Waals surface area contributed by atoms with E-state index in [1.54, 1.807) is 12.1 Å². The monoisotopic (exact) mass is 333 g/mol. The first-order valence-electron chi connectivity index (χ1n) is 8.41. The van der Waals surface area contributed by atoms with Gasteiger partial charge in [0.1, 0.15) is 5.82 Å². The standard InChI is InChI=1S/C21H20FN3/c22-15-6-4-13(5-7-15)12-17-18(23)8-9-19(24)20(17)16-3-1-2-14-10-11-25-21(14)16/h1-9,25H,10-12,23-24H2. The van der Waals surface area contributed by atoms with Crippen LogP contribution in [0.15, 0.2) is 54.6 Å². The summed E-state index contributed by atoms with van der Waals surface area (Å²) in [5.74, 6) is -0.241. The number of hydrogen-bond acceptors (Lipinski definition) is 3. The van der Waals surface area contributed by atoms with Gasteiger partial charge in [0.25, 0.3) is 0 Å². The van der Waals surface area contributed by atoms with Crippen LogP contribution >= 0.6 is 0 Å². The zero-order valence-electron chi connectivity index (χ0n) is 13.9. The van der Waals surface area contributed by atoms with Crippen LogP contribution in [0, 0.1) is 5.82 Å². The average molecular weight is 333 g/mol. The summed E-state index contributed by atoms with van der Waals surface area (Å²) in [6.07, 6.45) is 1.62. The minimum atomic E-state index is -0.241. The molecular weight excluding hydrogens is 313 g/mol. The van der Waals surface area contributed by atoms with E-state index in [9.17, 15) is 4.39 Å². The molecule has 0 radical (unpaired) electrons. The van der Waals surface area contributed by atoms with E-state index in [1.165, 1.54) is 17.7 Å². The van der Waals surface area contributed by atoms with Crippen LogP contribution in [0.1, 0.15) is 16.7 Å². The van der Waals surface area contributed by atoms with Gasteiger partial charge in [-0.1, -0.05) is 30.3 Å². The molecule has 3 nitrogen and oxygen atoms in total. The molecule has 0 unspecified atom stereocenters. The van der Waals surface area contributed by atoms with Gasteiger partial charge in [0, 0.05) is 41.2 Å². The zero-order chi connectivity index (χ0) is 17.4. The van der Waals surface area contributed by atoms with E-state index >= 15 is 0 Å². The van der Waals surface area contributed by atoms with Gasteiger partial charge in [-0.3, -0.25) is 0 Å². The summed E-state index contributed by atoms with van der Waals surface area (Å²) < 4.78 is 13.2. The Hall–Kier alpha value is -3.01. The first kappa shape index (κ1) is 15.5. The van der Waals surface area contributed by atoms with Crippen LogP contribution in [0.4, 0.5) is 21.5 Å². The van der Waals surface area contributed by atoms with E-state index in [4.69, 9.17) is 11.5 Å². The summed E-state index contributed by atoms with van der Waals surface area (Å²) in [5, 5.41) is 3.47. The van der Waals surface area contributed by atoms with Crippen molar-refractivity contribution in [3.8, 4) is 11.1 Å². The molecule has 5 N–H and O–H groups in total. The Morgan fingerprint density at radius 2 is 1.68 bits per heavy atom. The molecule has 25 heavy (non-hydrogen) atoms. The predicted molar refractivity (Wildman–Crippen MR) is 102 cm³/mol. The quantitative estimate of drug-likeness (QED) is 0.629. The number of nitrogens with one attached hydrogen (secondary N) is 1. The fourth-order valence-electron chi connectivity index (χ4n) is 3.54. The SMILES string of the molecule is Nc1ccc(N)c(-c2cccc3c2NCC3)c1Cc1ccc(F)cc1. The summed E-state index contributed by atoms with van der Waals surface area (Å²) in [7, 11) is 0. The van der Waals surface area contributed by atoms with E-state index in [0.717, 1.165) is 40.9 Å². The number of nitrogens with two attached hydrogens (primary N) is 2. The van der Waals surface area contributed by atoms with Gasteiger partial charge < -0.3 is 16.8 Å². The molecule has 0 amide bonds. The molecule has 0 fully saturated rings. The summed E-state index contributed by atoms with van der Waals surface area (Å²) in [6, 6.07) is 16.5. The van der Waals surface area contributed by atoms with Crippen LogP contribution in [0.25, 0.3) is 11.1 Å². The van der Waals surface area contributed by atoms with Crippen LogP contribution in [-0.2, 0) is 12.8 Å². The molecule has 126 valence electrons. The normalized spacial score (nSPS) is 12.7. The molecule has 3 aromatic carbocycles. The van der Waals surface area contributed by atoms with Gasteiger partial charge in [0.15, 0.2) is 0 Å². The van der Waals surface area contributed by atoms with E-state index < -0.39 is 0 Å². The second kappa shape index (κ2) is 6.13. The average Bonchev–Trinajstić information content (AvgIpc) is 3.09. The molecule has 0 aliphatic carbocycles. The lowest BCUT2D eigenvalue weighted by Crippen LogP contribution is -2.04. The predicted octanol–water partition coefficient (Wildman–Crippen LogP) is 4.22. The Balaban J connectivity index is 1.87. The van der Waals surface area contributed by atoms with Gasteiger partial charge in [0.2, 0.25) is 0 Å². The summed E-state index contributed by atoms with van der Waals surface area (Å²) >= 11 is 0. The van der Waals surface area contributed by atoms with Gasteiger partial charge in [-0.25, -0.2) is 4.39 Å². The number of halogens is 1. The number of benzene rings is 3. The van der Waals surface area contributed by atoms with Crippen molar-refractivity contribution in [2.75, 3.05) is 23.3 Å². The van der Waals surface area contributed by atoms with Crippen molar-refractivity contribution >= 4 is 17.1 Å². The van der Waals surface area contributed by atoms with Gasteiger partial charge in [0.05, 0.1) is 0 Å². The first-order chi connectivity index (χ1) is 12.1. The van der Waals surface area contributed by atoms with Crippen molar-refractivity contribution in [3.05, 3.63) is 77.1 Å². The molecule has 3 aromatic rings. The summed E-state index contributed by atoms with van der Waals surface area (Å²) in [5.41, 5.74) is 20.5. The Morgan fingerprint density at radius 1 is 0.920 bits per heavy atom. The summed E-state index contributed by atoms with van der Waals surface area (Å²) in [6.45, 7) is 0.932. The third-order valence-electron chi connectivity index (χ3n) is 4.79. The molecule has 4 heteroatoms. The number of fused-ring (bicyclic) bond motifs is 1. The molecule has 0 saturated carbocycles. The van der Waals surface area contributed by atoms with E-state index in [0.29, 0.717) is 17.8 Å². The molecule has 0 saturated heterocycles. The number of hydrogen-bond donors (Lipinski definition) is 3. The highest BCUT2D eigenvalue weighted by Crippen LogP contribution is 2.41. The lowest BCUT2D eigenvalue weighted by atomic mass is 9.90. The largest absolute Gasteiger partial charge is 0.398 e. The second-order valence-electron chi connectivity index (χ2n) is 6.42. The van der Waals surface area contributed by atoms with Gasteiger partial charge in [-0.2, -0.15) is 0 Å². The fourth-order valence-corrected chi connectivity index (χ4v) is 3.54. The smallest absolute Gasteiger partial charge is 0.123 e. The molecule has 1 aliphatic heterocycles. The van der Waals surface area contributed by atoms with E-state index in [2.05, 4.69) is 23.5 Å². The molecule has 0 bridgehead atoms. The lowest BCUT2D eigenvalue weighted by molar-refractivity contribution is 0.627. The maximum atomic E-state index is 13.2. The highest BCUT2D eigenvalue weighted by Gasteiger charge is 2.20. The molecule has 4 rings (SSSR count). The zero-order valence-corrected chi connectivity index (χ0v) is 13.9. The van der Waals surface area contributed by atoms with Crippen molar-refractivity contribution in [1.29, 1.82) is 0 Å². The lowest BCUT2D eigenvalue weighted by Gasteiger charge is -2.18. The van der Waals surface area contributed by atoms with Crippen LogP contribution in [0.2, 0.25) is 0 Å². The Bertz CT molecular complexity index is 933. The van der Waals surface area contributed by atoms with Gasteiger partial charge >= 0.3 is 0 Å². The van der Waals surface area contributed by atoms with Crippen LogP contribution in [0.3, 0.4) is 0 Å². The van der Waals surface area contributed by atoms with Gasteiger partial charge in [-0.05, 0) is 47.4 Å². The Morgan fingerprint density at radius 3 is 2.48 bits per heavy atom. The number of anilines is 3. The maximum absolute atomic E-state index is 13.2. The Labute approximate surface area is 146 Å². The van der Waals surface area contributed by atoms with Gasteiger partial charge in [-0.15, -0.1) is 0 Å². The number of nitrogen functional groups attached to an aromatic ring is 2. The third-order valence-corrected chi connectivity index (χ3v) is 4.79. The maximum Gasteiger partial charge on any atom is 0.123 e. The first-order valence-corrected chi connectivity index (χ1v) is 8.41. The third kappa shape index (κ3) is 2.80. The molecule has 0 spiro atoms. The molecule has 1 heterocycles. The van der Waals surface area contributed by atoms with Crippen molar-refractivity contribution in [3.63, 3.8) is 0 Å². The van der Waals surface area contributed by atoms with Crippen molar-refractivity contribution in [1.82, 2.24) is 0 Å². The molecule has 1 aliphatic rings. The van der Waals surface area contributed by atoms with Crippen molar-refractivity contribution in [2.45, 2.75) is 12.8 Å². The van der Waals surface area contributed by atoms with Crippen molar-refractivity contribution < 1.29 is 4.39 Å². The molecule has 0 aromatic heterocycles. The highest BCUT2D eigenvalue weighted by molar-refractivity contribution is 5.92. The molecular formula is C21H20FN3. The summed E-state index contributed by atoms with van der Waals surface area (Å²) in [4.78, 5) is 0. The fraction of sp³-hybridized carbons (Fsp3) is 0.143. The van der Waals surface area contributed by atoms with Crippen molar-refractivity contribution in [2.24, 2.45) is 0 Å². The number of rotatable bonds is 3. The van der Waals surface area contributed by atoms with Crippen LogP contribution in [-0.4, -0.2) is 6.54 Å². The van der Waals surface area contributed by atoms with Crippen LogP contribution < -0.4 is 16.8 Å². The van der Waals surface area contributed by atoms with Crippen LogP contribution in [0.5, 0.6) is 0 Å². The minimum absolute atomic E-state index is 0.241. The minimum Gasteiger partial charge on any atom is -0.398 e. The Kier molecular flexibility index (Phi) is 3.80. The highest BCUT2D eigenvalue weighted by atomic mass is 19.1. The number of para-hydroxylation sites is 1. The second-order valence-corrected chi connectivity index (χ2v) is 6.42. The van der Waals surface area contributed by atoms with E-state index in [1.807, 2.05) is 12.1 Å². The topological polar surface area (TPSA) is 64.1 Å².